The zero-order valence-corrected chi connectivity index (χ0v) is 18.5. The number of benzene rings is 1. The lowest BCUT2D eigenvalue weighted by Gasteiger charge is -2.31. The summed E-state index contributed by atoms with van der Waals surface area (Å²) in [5.41, 5.74) is 1.10. The number of piperazine rings is 1. The molecule has 2 rings (SSSR count). The monoisotopic (exact) mass is 425 g/mol. The van der Waals surface area contributed by atoms with E-state index in [1.165, 1.54) is 4.31 Å². The van der Waals surface area contributed by atoms with Crippen LogP contribution in [0.5, 0.6) is 0 Å². The van der Waals surface area contributed by atoms with Crippen molar-refractivity contribution in [2.45, 2.75) is 51.0 Å². The van der Waals surface area contributed by atoms with E-state index in [1.807, 2.05) is 26.0 Å². The van der Waals surface area contributed by atoms with E-state index in [2.05, 4.69) is 24.5 Å². The normalized spacial score (nSPS) is 17.1. The summed E-state index contributed by atoms with van der Waals surface area (Å²) in [7, 11) is -3.54. The molecule has 0 spiro atoms. The van der Waals surface area contributed by atoms with Crippen molar-refractivity contribution in [3.05, 3.63) is 29.8 Å². The number of imide groups is 1. The summed E-state index contributed by atoms with van der Waals surface area (Å²) in [6.45, 7) is 9.81. The molecule has 3 N–H and O–H groups in total. The van der Waals surface area contributed by atoms with Gasteiger partial charge >= 0.3 is 6.03 Å². The van der Waals surface area contributed by atoms with Crippen molar-refractivity contribution in [2.75, 3.05) is 32.7 Å². The third-order valence-corrected chi connectivity index (χ3v) is 7.18. The second-order valence-corrected chi connectivity index (χ2v) is 9.82. The van der Waals surface area contributed by atoms with E-state index in [0.717, 1.165) is 16.9 Å². The average Bonchev–Trinajstić information content (AvgIpc) is 2.68. The molecule has 0 aliphatic carbocycles. The van der Waals surface area contributed by atoms with Gasteiger partial charge in [-0.1, -0.05) is 32.9 Å². The molecule has 1 aromatic rings. The van der Waals surface area contributed by atoms with E-state index in [1.54, 1.807) is 12.1 Å². The molecule has 162 valence electrons. The highest BCUT2D eigenvalue weighted by molar-refractivity contribution is 7.89. The number of carbonyl (C=O) groups is 2. The molecule has 1 atom stereocenters. The molecule has 29 heavy (non-hydrogen) atoms. The minimum absolute atomic E-state index is 0.00139. The third kappa shape index (κ3) is 6.52. The lowest BCUT2D eigenvalue weighted by atomic mass is 10.0. The Morgan fingerprint density at radius 1 is 1.10 bits per heavy atom. The van der Waals surface area contributed by atoms with Crippen LogP contribution in [0.1, 0.15) is 45.6 Å². The van der Waals surface area contributed by atoms with Crippen LogP contribution < -0.4 is 15.5 Å². The third-order valence-electron chi connectivity index (χ3n) is 5.27. The Hall–Kier alpha value is -1.97. The predicted octanol–water partition coefficient (Wildman–Crippen LogP) is 0.324. The molecule has 8 nitrogen and oxygen atoms in total. The van der Waals surface area contributed by atoms with Gasteiger partial charge in [-0.25, -0.2) is 13.2 Å². The topological polar surface area (TPSA) is 100 Å². The van der Waals surface area contributed by atoms with Gasteiger partial charge in [-0.3, -0.25) is 10.1 Å². The van der Waals surface area contributed by atoms with Crippen molar-refractivity contribution in [1.82, 2.24) is 14.9 Å². The van der Waals surface area contributed by atoms with Crippen LogP contribution in [-0.2, 0) is 14.8 Å². The van der Waals surface area contributed by atoms with Crippen LogP contribution in [-0.4, -0.2) is 63.4 Å². The average molecular weight is 426 g/mol. The molecule has 0 radical (unpaired) electrons. The van der Waals surface area contributed by atoms with Crippen LogP contribution in [0.25, 0.3) is 0 Å². The zero-order valence-electron chi connectivity index (χ0n) is 17.7. The number of quaternary nitrogens is 1. The van der Waals surface area contributed by atoms with Gasteiger partial charge in [0.15, 0.2) is 6.54 Å². The number of nitrogens with zero attached hydrogens (tertiary/aromatic N) is 1. The molecule has 1 aromatic carbocycles. The van der Waals surface area contributed by atoms with Gasteiger partial charge in [0.25, 0.3) is 5.91 Å². The first-order valence-corrected chi connectivity index (χ1v) is 11.6. The van der Waals surface area contributed by atoms with Gasteiger partial charge in [0.05, 0.1) is 31.1 Å². The lowest BCUT2D eigenvalue weighted by Crippen LogP contribution is -3.15. The van der Waals surface area contributed by atoms with Crippen LogP contribution in [0.4, 0.5) is 4.79 Å². The van der Waals surface area contributed by atoms with Crippen molar-refractivity contribution >= 4 is 22.0 Å². The molecule has 9 heteroatoms. The van der Waals surface area contributed by atoms with Crippen LogP contribution in [0, 0.1) is 0 Å². The fourth-order valence-corrected chi connectivity index (χ4v) is 4.59. The maximum Gasteiger partial charge on any atom is 0.321 e. The van der Waals surface area contributed by atoms with Gasteiger partial charge in [-0.2, -0.15) is 4.31 Å². The lowest BCUT2D eigenvalue weighted by molar-refractivity contribution is -0.895. The van der Waals surface area contributed by atoms with Crippen LogP contribution >= 0.6 is 0 Å². The Morgan fingerprint density at radius 3 is 2.21 bits per heavy atom. The highest BCUT2D eigenvalue weighted by Gasteiger charge is 2.31. The molecule has 0 unspecified atom stereocenters. The SMILES string of the molecule is CC[C@H](C)NC(=O)NC(=O)C[NH+]1CCN(S(=O)(=O)c2ccc(C(C)C)cc2)CC1. The van der Waals surface area contributed by atoms with E-state index in [-0.39, 0.29) is 18.5 Å². The van der Waals surface area contributed by atoms with Crippen molar-refractivity contribution in [1.29, 1.82) is 0 Å². The summed E-state index contributed by atoms with van der Waals surface area (Å²) in [6, 6.07) is 6.54. The van der Waals surface area contributed by atoms with Crippen molar-refractivity contribution in [3.63, 3.8) is 0 Å². The maximum absolute atomic E-state index is 12.9. The molecule has 1 aliphatic rings. The Bertz CT molecular complexity index is 800. The van der Waals surface area contributed by atoms with Crippen molar-refractivity contribution in [2.24, 2.45) is 0 Å². The zero-order chi connectivity index (χ0) is 21.6. The summed E-state index contributed by atoms with van der Waals surface area (Å²) in [5, 5.41) is 5.02. The summed E-state index contributed by atoms with van der Waals surface area (Å²) >= 11 is 0. The van der Waals surface area contributed by atoms with Crippen LogP contribution in [0.2, 0.25) is 0 Å². The quantitative estimate of drug-likeness (QED) is 0.586. The molecular formula is C20H33N4O4S+. The van der Waals surface area contributed by atoms with Gasteiger partial charge in [-0.15, -0.1) is 0 Å². The van der Waals surface area contributed by atoms with E-state index in [0.29, 0.717) is 37.0 Å². The van der Waals surface area contributed by atoms with Crippen molar-refractivity contribution in [3.8, 4) is 0 Å². The molecule has 0 bridgehead atoms. The van der Waals surface area contributed by atoms with Crippen molar-refractivity contribution < 1.29 is 22.9 Å². The Kier molecular flexibility index (Phi) is 8.18. The van der Waals surface area contributed by atoms with E-state index in [9.17, 15) is 18.0 Å². The van der Waals surface area contributed by atoms with E-state index < -0.39 is 16.1 Å². The van der Waals surface area contributed by atoms with Gasteiger partial charge in [0.1, 0.15) is 0 Å². The van der Waals surface area contributed by atoms with Crippen LogP contribution in [0.3, 0.4) is 0 Å². The second-order valence-electron chi connectivity index (χ2n) is 7.89. The number of nitrogens with one attached hydrogen (secondary N) is 3. The van der Waals surface area contributed by atoms with E-state index >= 15 is 0 Å². The minimum Gasteiger partial charge on any atom is -0.335 e. The molecule has 3 amide bonds. The number of hydrogen-bond acceptors (Lipinski definition) is 4. The molecule has 1 fully saturated rings. The molecule has 1 heterocycles. The maximum atomic E-state index is 12.9. The summed E-state index contributed by atoms with van der Waals surface area (Å²) < 4.78 is 27.2. The van der Waals surface area contributed by atoms with Gasteiger partial charge in [0.2, 0.25) is 10.0 Å². The molecule has 0 aromatic heterocycles. The summed E-state index contributed by atoms with van der Waals surface area (Å²) in [4.78, 5) is 25.0. The number of urea groups is 1. The highest BCUT2D eigenvalue weighted by Crippen LogP contribution is 2.20. The minimum atomic E-state index is -3.54. The van der Waals surface area contributed by atoms with Gasteiger partial charge < -0.3 is 10.2 Å². The van der Waals surface area contributed by atoms with Gasteiger partial charge in [0, 0.05) is 6.04 Å². The second kappa shape index (κ2) is 10.2. The Labute approximate surface area is 173 Å². The van der Waals surface area contributed by atoms with Crippen LogP contribution in [0.15, 0.2) is 29.2 Å². The molecule has 0 saturated carbocycles. The van der Waals surface area contributed by atoms with Gasteiger partial charge in [-0.05, 0) is 37.0 Å². The predicted molar refractivity (Wildman–Crippen MR) is 111 cm³/mol. The standard InChI is InChI=1S/C20H32N4O4S/c1-5-16(4)21-20(26)22-19(25)14-23-10-12-24(13-11-23)29(27,28)18-8-6-17(7-9-18)15(2)3/h6-9,15-16H,5,10-14H2,1-4H3,(H2,21,22,25,26)/p+1/t16-/m0/s1. The number of amides is 3. The Morgan fingerprint density at radius 2 is 1.69 bits per heavy atom. The number of hydrogen-bond donors (Lipinski definition) is 3. The number of rotatable bonds is 7. The fraction of sp³-hybridized carbons (Fsp3) is 0.600. The fourth-order valence-electron chi connectivity index (χ4n) is 3.15. The molecule has 1 saturated heterocycles. The Balaban J connectivity index is 1.86. The first-order valence-electron chi connectivity index (χ1n) is 10.2. The highest BCUT2D eigenvalue weighted by atomic mass is 32.2. The number of carbonyl (C=O) groups excluding carboxylic acids is 2. The largest absolute Gasteiger partial charge is 0.335 e. The summed E-state index contributed by atoms with van der Waals surface area (Å²) in [6.07, 6.45) is 0.781. The first kappa shape index (κ1) is 23.3. The molecular weight excluding hydrogens is 392 g/mol. The summed E-state index contributed by atoms with van der Waals surface area (Å²) in [5.74, 6) is -0.0151. The van der Waals surface area contributed by atoms with E-state index in [4.69, 9.17) is 0 Å². The first-order chi connectivity index (χ1) is 13.6. The number of sulfonamides is 1. The smallest absolute Gasteiger partial charge is 0.321 e. The molecule has 1 aliphatic heterocycles.